The molecule has 1 aromatic heterocycles. The van der Waals surface area contributed by atoms with Crippen molar-refractivity contribution in [2.75, 3.05) is 4.90 Å². The van der Waals surface area contributed by atoms with Crippen LogP contribution < -0.4 is 4.90 Å². The van der Waals surface area contributed by atoms with Crippen LogP contribution >= 0.6 is 11.3 Å². The molecule has 0 N–H and O–H groups in total. The largest absolute Gasteiger partial charge is 0.310 e. The molecule has 0 bridgehead atoms. The van der Waals surface area contributed by atoms with Crippen molar-refractivity contribution in [3.63, 3.8) is 0 Å². The topological polar surface area (TPSA) is 3.24 Å². The number of anilines is 3. The fourth-order valence-corrected chi connectivity index (χ4v) is 10.3. The predicted molar refractivity (Wildman–Crippen MR) is 230 cm³/mol. The van der Waals surface area contributed by atoms with Crippen LogP contribution in [0.1, 0.15) is 25.0 Å². The summed E-state index contributed by atoms with van der Waals surface area (Å²) in [6, 6.07) is 65.4. The monoisotopic (exact) mass is 693 g/mol. The second-order valence-electron chi connectivity index (χ2n) is 14.9. The van der Waals surface area contributed by atoms with E-state index in [1.165, 1.54) is 85.9 Å². The van der Waals surface area contributed by atoms with Gasteiger partial charge in [0.2, 0.25) is 0 Å². The van der Waals surface area contributed by atoms with Crippen molar-refractivity contribution in [2.24, 2.45) is 0 Å². The summed E-state index contributed by atoms with van der Waals surface area (Å²) in [6.45, 7) is 4.70. The Morgan fingerprint density at radius 2 is 0.906 bits per heavy atom. The fourth-order valence-electron chi connectivity index (χ4n) is 9.09. The van der Waals surface area contributed by atoms with Gasteiger partial charge >= 0.3 is 0 Å². The summed E-state index contributed by atoms with van der Waals surface area (Å²) in [4.78, 5) is 2.45. The lowest BCUT2D eigenvalue weighted by Gasteiger charge is -2.28. The number of benzene rings is 9. The van der Waals surface area contributed by atoms with E-state index < -0.39 is 0 Å². The summed E-state index contributed by atoms with van der Waals surface area (Å²) in [7, 11) is 0. The molecule has 0 aliphatic heterocycles. The Morgan fingerprint density at radius 1 is 0.377 bits per heavy atom. The van der Waals surface area contributed by atoms with E-state index >= 15 is 0 Å². The minimum Gasteiger partial charge on any atom is -0.310 e. The average Bonchev–Trinajstić information content (AvgIpc) is 3.70. The van der Waals surface area contributed by atoms with Gasteiger partial charge < -0.3 is 4.90 Å². The number of rotatable bonds is 4. The van der Waals surface area contributed by atoms with E-state index in [4.69, 9.17) is 0 Å². The second-order valence-corrected chi connectivity index (χ2v) is 15.9. The van der Waals surface area contributed by atoms with Crippen LogP contribution in [0.25, 0.3) is 74.7 Å². The van der Waals surface area contributed by atoms with E-state index in [1.54, 1.807) is 0 Å². The van der Waals surface area contributed by atoms with Crippen LogP contribution in [0, 0.1) is 0 Å². The molecule has 1 nitrogen and oxygen atoms in total. The number of fused-ring (bicyclic) bond motifs is 12. The van der Waals surface area contributed by atoms with Gasteiger partial charge in [0.15, 0.2) is 0 Å². The molecule has 9 aromatic carbocycles. The molecular weight excluding hydrogens is 659 g/mol. The van der Waals surface area contributed by atoms with Crippen molar-refractivity contribution in [1.82, 2.24) is 0 Å². The van der Waals surface area contributed by atoms with Crippen molar-refractivity contribution >= 4 is 80.9 Å². The van der Waals surface area contributed by atoms with Gasteiger partial charge in [-0.1, -0.05) is 147 Å². The van der Waals surface area contributed by atoms with Gasteiger partial charge in [0, 0.05) is 42.6 Å². The summed E-state index contributed by atoms with van der Waals surface area (Å²) in [5.41, 5.74) is 11.3. The Balaban J connectivity index is 1.12. The summed E-state index contributed by atoms with van der Waals surface area (Å²) in [6.07, 6.45) is 0. The normalized spacial score (nSPS) is 13.2. The van der Waals surface area contributed by atoms with Crippen LogP contribution in [0.15, 0.2) is 176 Å². The third-order valence-corrected chi connectivity index (χ3v) is 12.9. The first kappa shape index (κ1) is 30.4. The highest BCUT2D eigenvalue weighted by Gasteiger charge is 2.35. The minimum absolute atomic E-state index is 0.0481. The van der Waals surface area contributed by atoms with Crippen LogP contribution in [0.3, 0.4) is 0 Å². The summed E-state index contributed by atoms with van der Waals surface area (Å²) >= 11 is 1.89. The number of nitrogens with zero attached hydrogens (tertiary/aromatic N) is 1. The third kappa shape index (κ3) is 4.49. The van der Waals surface area contributed by atoms with E-state index in [9.17, 15) is 0 Å². The second kappa shape index (κ2) is 11.4. The Bertz CT molecular complexity index is 3060. The van der Waals surface area contributed by atoms with E-state index in [1.807, 2.05) is 11.3 Å². The molecule has 0 fully saturated rings. The van der Waals surface area contributed by atoms with Gasteiger partial charge in [-0.25, -0.2) is 0 Å². The van der Waals surface area contributed by atoms with Gasteiger partial charge in [0.05, 0.1) is 0 Å². The first-order valence-electron chi connectivity index (χ1n) is 18.4. The van der Waals surface area contributed by atoms with Gasteiger partial charge in [-0.2, -0.15) is 0 Å². The molecule has 2 heteroatoms. The Labute approximate surface area is 313 Å². The van der Waals surface area contributed by atoms with Crippen LogP contribution in [-0.2, 0) is 5.41 Å². The maximum atomic E-state index is 2.45. The van der Waals surface area contributed by atoms with Crippen LogP contribution in [0.2, 0.25) is 0 Å². The minimum atomic E-state index is -0.0481. The quantitative estimate of drug-likeness (QED) is 0.166. The summed E-state index contributed by atoms with van der Waals surface area (Å²) < 4.78 is 2.67. The molecule has 1 heterocycles. The van der Waals surface area contributed by atoms with Crippen molar-refractivity contribution in [2.45, 2.75) is 19.3 Å². The van der Waals surface area contributed by atoms with Gasteiger partial charge in [0.25, 0.3) is 0 Å². The van der Waals surface area contributed by atoms with Crippen molar-refractivity contribution in [3.8, 4) is 22.3 Å². The van der Waals surface area contributed by atoms with E-state index in [0.717, 1.165) is 17.1 Å². The summed E-state index contributed by atoms with van der Waals surface area (Å²) in [5.74, 6) is 0. The first-order valence-corrected chi connectivity index (χ1v) is 19.2. The Morgan fingerprint density at radius 3 is 1.66 bits per heavy atom. The predicted octanol–water partition coefficient (Wildman–Crippen LogP) is 15.0. The molecule has 0 atom stereocenters. The molecule has 0 spiro atoms. The van der Waals surface area contributed by atoms with Crippen LogP contribution in [-0.4, -0.2) is 0 Å². The first-order chi connectivity index (χ1) is 26.0. The molecule has 0 radical (unpaired) electrons. The molecule has 1 aliphatic carbocycles. The fraction of sp³-hybridized carbons (Fsp3) is 0.0588. The lowest BCUT2D eigenvalue weighted by atomic mass is 9.82. The number of hydrogen-bond acceptors (Lipinski definition) is 2. The molecule has 53 heavy (non-hydrogen) atoms. The number of thiophene rings is 1. The lowest BCUT2D eigenvalue weighted by Crippen LogP contribution is -2.15. The maximum absolute atomic E-state index is 2.45. The smallest absolute Gasteiger partial charge is 0.0468 e. The molecule has 10 aromatic rings. The molecule has 0 amide bonds. The van der Waals surface area contributed by atoms with Crippen LogP contribution in [0.5, 0.6) is 0 Å². The van der Waals surface area contributed by atoms with Gasteiger partial charge in [-0.15, -0.1) is 11.3 Å². The molecule has 11 rings (SSSR count). The molecule has 0 saturated carbocycles. The highest BCUT2D eigenvalue weighted by molar-refractivity contribution is 7.26. The molecule has 0 saturated heterocycles. The third-order valence-electron chi connectivity index (χ3n) is 11.7. The van der Waals surface area contributed by atoms with Crippen molar-refractivity contribution in [3.05, 3.63) is 187 Å². The zero-order valence-corrected chi connectivity index (χ0v) is 30.4. The zero-order chi connectivity index (χ0) is 35.3. The van der Waals surface area contributed by atoms with Crippen molar-refractivity contribution < 1.29 is 0 Å². The Kier molecular flexibility index (Phi) is 6.53. The van der Waals surface area contributed by atoms with Crippen LogP contribution in [0.4, 0.5) is 17.1 Å². The average molecular weight is 694 g/mol. The van der Waals surface area contributed by atoms with Gasteiger partial charge in [-0.3, -0.25) is 0 Å². The van der Waals surface area contributed by atoms with Gasteiger partial charge in [-0.05, 0) is 108 Å². The molecule has 0 unspecified atom stereocenters. The Hall–Kier alpha value is -6.22. The summed E-state index contributed by atoms with van der Waals surface area (Å²) in [5, 5.41) is 10.3. The highest BCUT2D eigenvalue weighted by Crippen LogP contribution is 2.51. The highest BCUT2D eigenvalue weighted by atomic mass is 32.1. The number of hydrogen-bond donors (Lipinski definition) is 0. The standard InChI is InChI=1S/C51H35NS/c1-51(2)47-20-9-7-16-42(47)46-31-35(27-29-48(46)51)52(34-26-28-41-39-14-4-3-12-37(39)38-13-5-6-15-40(38)45(41)30-34)33-24-22-32(23-25-33)36-18-11-19-44-43-17-8-10-21-49(43)53-50(36)44/h3-31H,1-2H3. The molecule has 1 aliphatic rings. The zero-order valence-electron chi connectivity index (χ0n) is 29.6. The van der Waals surface area contributed by atoms with E-state index in [2.05, 4.69) is 195 Å². The van der Waals surface area contributed by atoms with E-state index in [-0.39, 0.29) is 5.41 Å². The van der Waals surface area contributed by atoms with E-state index in [0.29, 0.717) is 0 Å². The molecule has 250 valence electrons. The van der Waals surface area contributed by atoms with Gasteiger partial charge in [0.1, 0.15) is 0 Å². The lowest BCUT2D eigenvalue weighted by molar-refractivity contribution is 0.660. The SMILES string of the molecule is CC1(C)c2ccccc2-c2cc(N(c3ccc(-c4cccc5c4sc4ccccc45)cc3)c3ccc4c5ccccc5c5ccccc5c4c3)ccc21. The van der Waals surface area contributed by atoms with Crippen molar-refractivity contribution in [1.29, 1.82) is 0 Å². The molecular formula is C51H35NS. The maximum Gasteiger partial charge on any atom is 0.0468 e.